The minimum atomic E-state index is -0.239. The molecule has 0 aliphatic carbocycles. The molecule has 2 aromatic rings. The van der Waals surface area contributed by atoms with Crippen LogP contribution in [0.5, 0.6) is 0 Å². The fourth-order valence-electron chi connectivity index (χ4n) is 1.17. The van der Waals surface area contributed by atoms with Gasteiger partial charge >= 0.3 is 18.9 Å². The third kappa shape index (κ3) is 3.43. The topological polar surface area (TPSA) is 14.1 Å². The predicted molar refractivity (Wildman–Crippen MR) is 55.5 cm³/mol. The number of rotatable bonds is 2. The van der Waals surface area contributed by atoms with Crippen molar-refractivity contribution in [2.75, 3.05) is 0 Å². The zero-order valence-corrected chi connectivity index (χ0v) is 8.52. The van der Waals surface area contributed by atoms with E-state index in [0.717, 1.165) is 11.4 Å². The summed E-state index contributed by atoms with van der Waals surface area (Å²) in [5.41, 5.74) is 1.64. The van der Waals surface area contributed by atoms with E-state index in [0.29, 0.717) is 0 Å². The first kappa shape index (κ1) is 11.8. The zero-order valence-electron chi connectivity index (χ0n) is 8.52. The Kier molecular flexibility index (Phi) is 4.42. The van der Waals surface area contributed by atoms with Gasteiger partial charge in [-0.2, -0.15) is 0 Å². The van der Waals surface area contributed by atoms with Crippen LogP contribution in [0.2, 0.25) is 0 Å². The van der Waals surface area contributed by atoms with Gasteiger partial charge in [-0.1, -0.05) is 42.5 Å². The second-order valence-electron chi connectivity index (χ2n) is 2.92. The molecule has 0 N–H and O–H groups in total. The van der Waals surface area contributed by atoms with Crippen molar-refractivity contribution in [3.05, 3.63) is 65.7 Å². The minimum Gasteiger partial charge on any atom is -0.658 e. The van der Waals surface area contributed by atoms with Gasteiger partial charge in [0.05, 0.1) is 0 Å². The van der Waals surface area contributed by atoms with Crippen molar-refractivity contribution in [1.29, 1.82) is 0 Å². The van der Waals surface area contributed by atoms with Crippen LogP contribution in [0.1, 0.15) is 0 Å². The van der Waals surface area contributed by atoms with Crippen LogP contribution < -0.4 is 18.9 Å². The molecule has 0 bridgehead atoms. The Morgan fingerprint density at radius 2 is 1.27 bits per heavy atom. The number of benzene rings is 2. The molecule has 0 aliphatic heterocycles. The molecular weight excluding hydrogens is 184 g/mol. The summed E-state index contributed by atoms with van der Waals surface area (Å²) in [5, 5.41) is 4.32. The third-order valence-corrected chi connectivity index (χ3v) is 1.84. The van der Waals surface area contributed by atoms with Gasteiger partial charge in [-0.05, 0) is 12.1 Å². The van der Waals surface area contributed by atoms with Gasteiger partial charge in [0.15, 0.2) is 0 Å². The minimum absolute atomic E-state index is 0. The van der Waals surface area contributed by atoms with Gasteiger partial charge in [0.2, 0.25) is 0 Å². The maximum atomic E-state index is 12.6. The van der Waals surface area contributed by atoms with Crippen LogP contribution in [0, 0.1) is 5.82 Å². The summed E-state index contributed by atoms with van der Waals surface area (Å²) in [4.78, 5) is 0. The van der Waals surface area contributed by atoms with Crippen LogP contribution in [0.4, 0.5) is 15.8 Å². The molecule has 0 unspecified atom stereocenters. The van der Waals surface area contributed by atoms with Crippen molar-refractivity contribution in [1.82, 2.24) is 0 Å². The average Bonchev–Trinajstić information content (AvgIpc) is 2.23. The summed E-state index contributed by atoms with van der Waals surface area (Å²) >= 11 is 0. The second kappa shape index (κ2) is 5.60. The molecule has 0 amide bonds. The van der Waals surface area contributed by atoms with Crippen molar-refractivity contribution >= 4 is 11.4 Å². The van der Waals surface area contributed by atoms with Gasteiger partial charge in [-0.15, -0.1) is 11.4 Å². The monoisotopic (exact) mass is 193 g/mol. The molecule has 0 atom stereocenters. The molecule has 15 heavy (non-hydrogen) atoms. The molecule has 0 heterocycles. The quantitative estimate of drug-likeness (QED) is 0.635. The first-order chi connectivity index (χ1) is 6.84. The third-order valence-electron chi connectivity index (χ3n) is 1.84. The summed E-state index contributed by atoms with van der Waals surface area (Å²) in [6, 6.07) is 15.7. The molecule has 0 saturated carbocycles. The largest absolute Gasteiger partial charge is 1.00 e. The fraction of sp³-hybridized carbons (Fsp3) is 0. The molecule has 0 aliphatic rings. The maximum absolute atomic E-state index is 12.6. The van der Waals surface area contributed by atoms with Gasteiger partial charge in [-0.3, -0.25) is 0 Å². The van der Waals surface area contributed by atoms with Crippen LogP contribution in [-0.4, -0.2) is 0 Å². The maximum Gasteiger partial charge on any atom is 1.00 e. The number of nitrogens with zero attached hydrogens (tertiary/aromatic N) is 1. The number of hydrogen-bond donors (Lipinski definition) is 0. The predicted octanol–water partition coefficient (Wildman–Crippen LogP) is 1.17. The van der Waals surface area contributed by atoms with E-state index in [4.69, 9.17) is 0 Å². The Balaban J connectivity index is 0.00000112. The van der Waals surface area contributed by atoms with Crippen molar-refractivity contribution in [2.45, 2.75) is 0 Å². The molecule has 0 radical (unpaired) electrons. The van der Waals surface area contributed by atoms with Gasteiger partial charge in [-0.25, -0.2) is 4.39 Å². The van der Waals surface area contributed by atoms with Gasteiger partial charge < -0.3 is 5.32 Å². The van der Waals surface area contributed by atoms with Gasteiger partial charge in [0.1, 0.15) is 5.82 Å². The molecule has 1 nitrogen and oxygen atoms in total. The van der Waals surface area contributed by atoms with E-state index in [1.165, 1.54) is 12.1 Å². The van der Waals surface area contributed by atoms with Crippen LogP contribution in [-0.2, 0) is 0 Å². The van der Waals surface area contributed by atoms with E-state index in [1.807, 2.05) is 30.3 Å². The Labute approximate surface area is 101 Å². The Morgan fingerprint density at radius 3 is 1.87 bits per heavy atom. The molecule has 2 rings (SSSR count). The number of halogens is 1. The van der Waals surface area contributed by atoms with Crippen LogP contribution in [0.15, 0.2) is 54.6 Å². The van der Waals surface area contributed by atoms with Crippen molar-refractivity contribution in [3.63, 3.8) is 0 Å². The molecule has 0 aromatic heterocycles. The second-order valence-corrected chi connectivity index (χ2v) is 2.92. The van der Waals surface area contributed by atoms with Crippen LogP contribution in [0.25, 0.3) is 5.32 Å². The van der Waals surface area contributed by atoms with E-state index in [9.17, 15) is 4.39 Å². The normalized spacial score (nSPS) is 9.13. The Hall–Kier alpha value is -1.23. The van der Waals surface area contributed by atoms with Crippen LogP contribution >= 0.6 is 0 Å². The summed E-state index contributed by atoms with van der Waals surface area (Å²) in [7, 11) is 0. The van der Waals surface area contributed by atoms with E-state index in [2.05, 4.69) is 5.32 Å². The summed E-state index contributed by atoms with van der Waals surface area (Å²) in [6.07, 6.45) is 0. The van der Waals surface area contributed by atoms with E-state index < -0.39 is 0 Å². The number of hydrogen-bond acceptors (Lipinski definition) is 0. The van der Waals surface area contributed by atoms with Gasteiger partial charge in [0.25, 0.3) is 0 Å². The summed E-state index contributed by atoms with van der Waals surface area (Å²) in [5.74, 6) is -0.239. The molecule has 0 spiro atoms. The molecule has 0 saturated heterocycles. The van der Waals surface area contributed by atoms with E-state index in [-0.39, 0.29) is 24.7 Å². The first-order valence-electron chi connectivity index (χ1n) is 4.37. The standard InChI is InChI=1S/C12H9FN.Li/c13-10-6-8-12(9-7-10)14-11-4-2-1-3-5-11;/h1-9H;/q-1;+1. The zero-order chi connectivity index (χ0) is 9.80. The Morgan fingerprint density at radius 1 is 0.733 bits per heavy atom. The summed E-state index contributed by atoms with van der Waals surface area (Å²) < 4.78 is 12.6. The molecule has 2 aromatic carbocycles. The smallest absolute Gasteiger partial charge is 0.658 e. The Bertz CT molecular complexity index is 400. The number of para-hydroxylation sites is 1. The van der Waals surface area contributed by atoms with E-state index in [1.54, 1.807) is 12.1 Å². The first-order valence-corrected chi connectivity index (χ1v) is 4.37. The van der Waals surface area contributed by atoms with Crippen molar-refractivity contribution in [2.24, 2.45) is 0 Å². The van der Waals surface area contributed by atoms with Crippen LogP contribution in [0.3, 0.4) is 0 Å². The molecule has 3 heteroatoms. The average molecular weight is 193 g/mol. The van der Waals surface area contributed by atoms with Crippen molar-refractivity contribution in [3.8, 4) is 0 Å². The fourth-order valence-corrected chi connectivity index (χ4v) is 1.17. The summed E-state index contributed by atoms with van der Waals surface area (Å²) in [6.45, 7) is 0. The van der Waals surface area contributed by atoms with Gasteiger partial charge in [0, 0.05) is 0 Å². The van der Waals surface area contributed by atoms with Crippen molar-refractivity contribution < 1.29 is 23.3 Å². The molecule has 0 fully saturated rings. The molecular formula is C12H9FLiN. The van der Waals surface area contributed by atoms with E-state index >= 15 is 0 Å². The molecule has 70 valence electrons. The SMILES string of the molecule is Fc1ccc([N-]c2ccccc2)cc1.[Li+].